The molecule has 3 heteroatoms. The number of fused-ring (bicyclic) bond motifs is 11. The lowest BCUT2D eigenvalue weighted by Crippen LogP contribution is -1.92. The van der Waals surface area contributed by atoms with Gasteiger partial charge in [0.1, 0.15) is 11.2 Å². The van der Waals surface area contributed by atoms with Gasteiger partial charge in [-0.3, -0.25) is 4.98 Å². The van der Waals surface area contributed by atoms with Gasteiger partial charge in [0, 0.05) is 27.1 Å². The molecule has 0 aliphatic rings. The van der Waals surface area contributed by atoms with Crippen molar-refractivity contribution in [3.8, 4) is 33.5 Å². The van der Waals surface area contributed by atoms with Gasteiger partial charge in [0.2, 0.25) is 0 Å². The van der Waals surface area contributed by atoms with Gasteiger partial charge >= 0.3 is 0 Å². The molecule has 3 nitrogen and oxygen atoms in total. The Labute approximate surface area is 270 Å². The smallest absolute Gasteiger partial charge is 0.136 e. The Morgan fingerprint density at radius 1 is 0.383 bits per heavy atom. The highest BCUT2D eigenvalue weighted by Gasteiger charge is 2.14. The molecule has 0 unspecified atom stereocenters. The molecule has 0 N–H and O–H groups in total. The topological polar surface area (TPSA) is 38.9 Å². The van der Waals surface area contributed by atoms with Crippen LogP contribution in [0.25, 0.3) is 98.8 Å². The maximum absolute atomic E-state index is 6.37. The van der Waals surface area contributed by atoms with Crippen LogP contribution in [0.15, 0.2) is 162 Å². The zero-order chi connectivity index (χ0) is 30.9. The molecule has 0 saturated carbocycles. The van der Waals surface area contributed by atoms with Gasteiger partial charge in [0.15, 0.2) is 0 Å². The summed E-state index contributed by atoms with van der Waals surface area (Å²) >= 11 is 0. The number of hydrogen-bond donors (Lipinski definition) is 0. The predicted octanol–water partition coefficient (Wildman–Crippen LogP) is 12.0. The molecule has 0 fully saturated rings. The highest BCUT2D eigenvalue weighted by atomic mass is 16.3. The molecule has 10 aromatic rings. The van der Waals surface area contributed by atoms with E-state index in [1.165, 1.54) is 26.9 Å². The van der Waals surface area contributed by atoms with Gasteiger partial charge in [-0.25, -0.2) is 4.98 Å². The third-order valence-corrected chi connectivity index (χ3v) is 9.48. The second-order valence-corrected chi connectivity index (χ2v) is 12.2. The van der Waals surface area contributed by atoms with E-state index in [-0.39, 0.29) is 0 Å². The van der Waals surface area contributed by atoms with E-state index in [0.29, 0.717) is 0 Å². The molecule has 0 amide bonds. The first-order valence-electron chi connectivity index (χ1n) is 15.9. The van der Waals surface area contributed by atoms with Crippen molar-refractivity contribution in [2.24, 2.45) is 0 Å². The number of furan rings is 1. The normalized spacial score (nSPS) is 11.8. The van der Waals surface area contributed by atoms with E-state index in [0.717, 1.165) is 71.9 Å². The van der Waals surface area contributed by atoms with Crippen molar-refractivity contribution in [2.75, 3.05) is 0 Å². The summed E-state index contributed by atoms with van der Waals surface area (Å²) in [5.74, 6) is 0. The monoisotopic (exact) mass is 598 g/mol. The Hall–Kier alpha value is -6.32. The Morgan fingerprint density at radius 2 is 0.979 bits per heavy atom. The number of aromatic nitrogens is 2. The van der Waals surface area contributed by atoms with Crippen molar-refractivity contribution in [2.45, 2.75) is 0 Å². The van der Waals surface area contributed by atoms with Crippen LogP contribution in [0.1, 0.15) is 0 Å². The molecule has 0 atom stereocenters. The summed E-state index contributed by atoms with van der Waals surface area (Å²) in [4.78, 5) is 10.2. The fourth-order valence-corrected chi connectivity index (χ4v) is 7.22. The summed E-state index contributed by atoms with van der Waals surface area (Å²) in [6, 6.07) is 53.5. The zero-order valence-electron chi connectivity index (χ0n) is 25.3. The van der Waals surface area contributed by atoms with Crippen molar-refractivity contribution >= 4 is 65.3 Å². The maximum Gasteiger partial charge on any atom is 0.136 e. The number of nitrogens with zero attached hydrogens (tertiary/aromatic N) is 2. The molecule has 0 radical (unpaired) electrons. The van der Waals surface area contributed by atoms with Crippen molar-refractivity contribution in [1.82, 2.24) is 9.97 Å². The van der Waals surface area contributed by atoms with Gasteiger partial charge in [-0.2, -0.15) is 0 Å². The first-order valence-corrected chi connectivity index (χ1v) is 15.9. The van der Waals surface area contributed by atoms with Crippen LogP contribution in [0.3, 0.4) is 0 Å². The van der Waals surface area contributed by atoms with E-state index >= 15 is 0 Å². The standard InChI is InChI=1S/C44H26N2O/c1-2-14-33-27(9-1)20-22-40-42(33)38-21-19-31(25-41(38)47-40)29-11-7-10-28(23-29)30-12-8-13-32(24-30)39-26-45-43-36-17-5-3-15-34(36)35-16-4-6-18-37(35)44(43)46-39/h1-26H. The molecular formula is C44H26N2O. The summed E-state index contributed by atoms with van der Waals surface area (Å²) in [6.45, 7) is 0. The van der Waals surface area contributed by atoms with Gasteiger partial charge in [0.25, 0.3) is 0 Å². The molecule has 218 valence electrons. The molecular weight excluding hydrogens is 572 g/mol. The van der Waals surface area contributed by atoms with Gasteiger partial charge in [-0.1, -0.05) is 121 Å². The van der Waals surface area contributed by atoms with Crippen LogP contribution in [0.4, 0.5) is 0 Å². The molecule has 0 bridgehead atoms. The number of rotatable bonds is 3. The average molecular weight is 599 g/mol. The molecule has 0 aliphatic heterocycles. The van der Waals surface area contributed by atoms with Gasteiger partial charge in [-0.15, -0.1) is 0 Å². The van der Waals surface area contributed by atoms with E-state index in [9.17, 15) is 0 Å². The number of hydrogen-bond acceptors (Lipinski definition) is 3. The fraction of sp³-hybridized carbons (Fsp3) is 0. The minimum atomic E-state index is 0.860. The Morgan fingerprint density at radius 3 is 1.72 bits per heavy atom. The van der Waals surface area contributed by atoms with Crippen molar-refractivity contribution in [1.29, 1.82) is 0 Å². The van der Waals surface area contributed by atoms with Crippen LogP contribution in [0.5, 0.6) is 0 Å². The predicted molar refractivity (Wildman–Crippen MR) is 196 cm³/mol. The average Bonchev–Trinajstić information content (AvgIpc) is 3.53. The highest BCUT2D eigenvalue weighted by molar-refractivity contribution is 6.23. The maximum atomic E-state index is 6.37. The lowest BCUT2D eigenvalue weighted by Gasteiger charge is -2.11. The first kappa shape index (κ1) is 26.0. The van der Waals surface area contributed by atoms with Crippen molar-refractivity contribution in [3.05, 3.63) is 158 Å². The fourth-order valence-electron chi connectivity index (χ4n) is 7.22. The molecule has 0 saturated heterocycles. The van der Waals surface area contributed by atoms with Crippen molar-refractivity contribution < 1.29 is 4.42 Å². The molecule has 8 aromatic carbocycles. The summed E-state index contributed by atoms with van der Waals surface area (Å²) in [7, 11) is 0. The van der Waals surface area contributed by atoms with Crippen LogP contribution in [0, 0.1) is 0 Å². The lowest BCUT2D eigenvalue weighted by atomic mass is 9.96. The molecule has 47 heavy (non-hydrogen) atoms. The summed E-state index contributed by atoms with van der Waals surface area (Å²) in [5, 5.41) is 9.40. The van der Waals surface area contributed by atoms with E-state index in [2.05, 4.69) is 152 Å². The highest BCUT2D eigenvalue weighted by Crippen LogP contribution is 2.38. The first-order chi connectivity index (χ1) is 23.3. The van der Waals surface area contributed by atoms with Gasteiger partial charge in [0.05, 0.1) is 22.9 Å². The molecule has 0 aliphatic carbocycles. The molecule has 0 spiro atoms. The second kappa shape index (κ2) is 10.1. The Kier molecular flexibility index (Phi) is 5.57. The third-order valence-electron chi connectivity index (χ3n) is 9.48. The van der Waals surface area contributed by atoms with E-state index < -0.39 is 0 Å². The summed E-state index contributed by atoms with van der Waals surface area (Å²) in [6.07, 6.45) is 1.91. The minimum Gasteiger partial charge on any atom is -0.456 e. The van der Waals surface area contributed by atoms with Crippen LogP contribution in [-0.2, 0) is 0 Å². The Balaban J connectivity index is 1.06. The van der Waals surface area contributed by atoms with Crippen LogP contribution in [-0.4, -0.2) is 9.97 Å². The van der Waals surface area contributed by atoms with Crippen molar-refractivity contribution in [3.63, 3.8) is 0 Å². The number of benzene rings is 8. The van der Waals surface area contributed by atoms with Gasteiger partial charge < -0.3 is 4.42 Å². The van der Waals surface area contributed by atoms with E-state index in [1.807, 2.05) is 6.20 Å². The third kappa shape index (κ3) is 4.07. The second-order valence-electron chi connectivity index (χ2n) is 12.2. The van der Waals surface area contributed by atoms with Crippen LogP contribution in [0.2, 0.25) is 0 Å². The van der Waals surface area contributed by atoms with Crippen LogP contribution < -0.4 is 0 Å². The summed E-state index contributed by atoms with van der Waals surface area (Å²) in [5.41, 5.74) is 10.1. The van der Waals surface area contributed by atoms with E-state index in [1.54, 1.807) is 0 Å². The minimum absolute atomic E-state index is 0.860. The largest absolute Gasteiger partial charge is 0.456 e. The molecule has 10 rings (SSSR count). The molecule has 2 aromatic heterocycles. The SMILES string of the molecule is c1cc(-c2cccc(-c3cnc4c5ccccc5c5ccccc5c4n3)c2)cc(-c2ccc3c(c2)oc2ccc4ccccc4c23)c1. The summed E-state index contributed by atoms with van der Waals surface area (Å²) < 4.78 is 6.37. The molecule has 2 heterocycles. The lowest BCUT2D eigenvalue weighted by molar-refractivity contribution is 0.669. The Bertz CT molecular complexity index is 2830. The quantitative estimate of drug-likeness (QED) is 0.190. The van der Waals surface area contributed by atoms with Gasteiger partial charge in [-0.05, 0) is 74.1 Å². The van der Waals surface area contributed by atoms with E-state index in [4.69, 9.17) is 14.4 Å². The zero-order valence-corrected chi connectivity index (χ0v) is 25.3. The van der Waals surface area contributed by atoms with Crippen LogP contribution >= 0.6 is 0 Å².